The number of nitrogens with one attached hydrogen (secondary N) is 1. The third kappa shape index (κ3) is 5.71. The molecule has 0 aliphatic rings. The van der Waals surface area contributed by atoms with E-state index in [4.69, 9.17) is 5.73 Å². The van der Waals surface area contributed by atoms with E-state index in [1.165, 1.54) is 28.9 Å². The Kier molecular flexibility index (Phi) is 7.53. The van der Waals surface area contributed by atoms with Crippen LogP contribution in [0.1, 0.15) is 23.2 Å². The summed E-state index contributed by atoms with van der Waals surface area (Å²) in [6, 6.07) is 14.5. The van der Waals surface area contributed by atoms with Gasteiger partial charge in [0.15, 0.2) is 0 Å². The average molecular weight is 485 g/mol. The predicted octanol–water partition coefficient (Wildman–Crippen LogP) is 2.29. The van der Waals surface area contributed by atoms with Crippen LogP contribution in [-0.4, -0.2) is 43.5 Å². The Bertz CT molecular complexity index is 1330. The third-order valence-electron chi connectivity index (χ3n) is 5.16. The summed E-state index contributed by atoms with van der Waals surface area (Å²) in [5, 5.41) is 16.6. The van der Waals surface area contributed by atoms with Crippen LogP contribution in [0.25, 0.3) is 5.69 Å². The number of carbonyl (C=O) groups excluding carboxylic acids is 1. The number of nitrogens with zero attached hydrogens (tertiary/aromatic N) is 4. The van der Waals surface area contributed by atoms with Crippen molar-refractivity contribution in [3.8, 4) is 11.8 Å². The van der Waals surface area contributed by atoms with E-state index in [2.05, 4.69) is 10.4 Å². The lowest BCUT2D eigenvalue weighted by molar-refractivity contribution is -0.119. The molecule has 3 N–H and O–H groups in total. The second-order valence-electron chi connectivity index (χ2n) is 7.72. The normalized spacial score (nSPS) is 11.1. The number of aromatic nitrogens is 2. The molecule has 1 amide bonds. The monoisotopic (exact) mass is 484 g/mol. The summed E-state index contributed by atoms with van der Waals surface area (Å²) in [6.07, 6.45) is 1.86. The highest BCUT2D eigenvalue weighted by atomic mass is 32.2. The average Bonchev–Trinajstić information content (AvgIpc) is 3.10. The van der Waals surface area contributed by atoms with Gasteiger partial charge in [-0.15, -0.1) is 0 Å². The SMILES string of the molecule is Cc1ccccc1N(CC(=O)NCCCc1nn(-c2ccc(F)cc2)c(N)c1C#N)S(C)(=O)=O. The number of nitrogens with two attached hydrogens (primary N) is 1. The van der Waals surface area contributed by atoms with Gasteiger partial charge >= 0.3 is 0 Å². The van der Waals surface area contributed by atoms with Gasteiger partial charge in [0.05, 0.1) is 23.3 Å². The van der Waals surface area contributed by atoms with E-state index in [-0.39, 0.29) is 24.5 Å². The number of nitriles is 1. The molecule has 0 aliphatic heterocycles. The number of hydrogen-bond acceptors (Lipinski definition) is 6. The number of benzene rings is 2. The molecule has 178 valence electrons. The fraction of sp³-hybridized carbons (Fsp3) is 0.261. The quantitative estimate of drug-likeness (QED) is 0.448. The topological polar surface area (TPSA) is 134 Å². The maximum Gasteiger partial charge on any atom is 0.240 e. The van der Waals surface area contributed by atoms with E-state index in [9.17, 15) is 22.9 Å². The molecule has 0 fully saturated rings. The smallest absolute Gasteiger partial charge is 0.240 e. The molecule has 1 aromatic heterocycles. The number of hydrogen-bond donors (Lipinski definition) is 2. The van der Waals surface area contributed by atoms with Crippen LogP contribution < -0.4 is 15.4 Å². The number of rotatable bonds is 9. The van der Waals surface area contributed by atoms with Crippen LogP contribution in [0, 0.1) is 24.1 Å². The van der Waals surface area contributed by atoms with E-state index in [0.717, 1.165) is 16.1 Å². The van der Waals surface area contributed by atoms with Gasteiger partial charge in [0, 0.05) is 6.54 Å². The summed E-state index contributed by atoms with van der Waals surface area (Å²) >= 11 is 0. The Hall–Kier alpha value is -3.91. The van der Waals surface area contributed by atoms with Crippen molar-refractivity contribution >= 4 is 27.4 Å². The molecular weight excluding hydrogens is 459 g/mol. The molecule has 3 aromatic rings. The Morgan fingerprint density at radius 3 is 2.53 bits per heavy atom. The molecule has 0 bridgehead atoms. The minimum Gasteiger partial charge on any atom is -0.382 e. The highest BCUT2D eigenvalue weighted by Gasteiger charge is 2.22. The number of nitrogen functional groups attached to an aromatic ring is 1. The van der Waals surface area contributed by atoms with E-state index in [1.807, 2.05) is 6.07 Å². The van der Waals surface area contributed by atoms with Gasteiger partial charge in [0.2, 0.25) is 15.9 Å². The Morgan fingerprint density at radius 1 is 1.24 bits per heavy atom. The molecule has 11 heteroatoms. The van der Waals surface area contributed by atoms with Gasteiger partial charge in [-0.05, 0) is 55.7 Å². The standard InChI is InChI=1S/C23H25FN6O3S/c1-16-6-3-4-8-21(16)29(34(2,32)33)15-22(31)27-13-5-7-20-19(14-25)23(26)30(28-20)18-11-9-17(24)10-12-18/h3-4,6,8-12H,5,7,13,15,26H2,1-2H3,(H,27,31). The van der Waals surface area contributed by atoms with Gasteiger partial charge in [0.1, 0.15) is 29.8 Å². The van der Waals surface area contributed by atoms with Crippen LogP contribution in [-0.2, 0) is 21.2 Å². The molecule has 0 saturated carbocycles. The van der Waals surface area contributed by atoms with Gasteiger partial charge in [-0.3, -0.25) is 9.10 Å². The molecule has 34 heavy (non-hydrogen) atoms. The summed E-state index contributed by atoms with van der Waals surface area (Å²) < 4.78 is 40.1. The second-order valence-corrected chi connectivity index (χ2v) is 9.62. The molecular formula is C23H25FN6O3S. The minimum atomic E-state index is -3.66. The number of halogens is 1. The molecule has 1 heterocycles. The molecule has 0 aliphatic carbocycles. The molecule has 0 unspecified atom stereocenters. The summed E-state index contributed by atoms with van der Waals surface area (Å²) in [5.41, 5.74) is 8.43. The van der Waals surface area contributed by atoms with Crippen molar-refractivity contribution in [3.63, 3.8) is 0 Å². The largest absolute Gasteiger partial charge is 0.382 e. The van der Waals surface area contributed by atoms with E-state index >= 15 is 0 Å². The van der Waals surface area contributed by atoms with Crippen molar-refractivity contribution < 1.29 is 17.6 Å². The molecule has 0 radical (unpaired) electrons. The molecule has 0 saturated heterocycles. The van der Waals surface area contributed by atoms with E-state index < -0.39 is 21.7 Å². The van der Waals surface area contributed by atoms with Crippen molar-refractivity contribution in [2.45, 2.75) is 19.8 Å². The zero-order valence-electron chi connectivity index (χ0n) is 18.8. The number of anilines is 2. The summed E-state index contributed by atoms with van der Waals surface area (Å²) in [4.78, 5) is 12.4. The zero-order chi connectivity index (χ0) is 24.9. The fourth-order valence-corrected chi connectivity index (χ4v) is 4.36. The molecule has 0 spiro atoms. The van der Waals surface area contributed by atoms with Gasteiger partial charge in [-0.25, -0.2) is 17.5 Å². The van der Waals surface area contributed by atoms with Crippen molar-refractivity contribution in [2.75, 3.05) is 29.4 Å². The molecule has 9 nitrogen and oxygen atoms in total. The van der Waals surface area contributed by atoms with Gasteiger partial charge in [0.25, 0.3) is 0 Å². The zero-order valence-corrected chi connectivity index (χ0v) is 19.6. The van der Waals surface area contributed by atoms with Gasteiger partial charge in [-0.2, -0.15) is 10.4 Å². The number of sulfonamides is 1. The van der Waals surface area contributed by atoms with Crippen molar-refractivity contribution in [1.29, 1.82) is 5.26 Å². The van der Waals surface area contributed by atoms with Crippen molar-refractivity contribution in [2.24, 2.45) is 0 Å². The number of para-hydroxylation sites is 1. The lowest BCUT2D eigenvalue weighted by Gasteiger charge is -2.23. The first-order valence-electron chi connectivity index (χ1n) is 10.4. The van der Waals surface area contributed by atoms with E-state index in [1.54, 1.807) is 31.2 Å². The van der Waals surface area contributed by atoms with Crippen molar-refractivity contribution in [3.05, 3.63) is 71.2 Å². The van der Waals surface area contributed by atoms with Crippen LogP contribution in [0.2, 0.25) is 0 Å². The highest BCUT2D eigenvalue weighted by Crippen LogP contribution is 2.23. The van der Waals surface area contributed by atoms with Gasteiger partial charge < -0.3 is 11.1 Å². The Balaban J connectivity index is 1.62. The highest BCUT2D eigenvalue weighted by molar-refractivity contribution is 7.92. The lowest BCUT2D eigenvalue weighted by Crippen LogP contribution is -2.41. The minimum absolute atomic E-state index is 0.148. The Morgan fingerprint density at radius 2 is 1.91 bits per heavy atom. The first-order chi connectivity index (χ1) is 16.1. The summed E-state index contributed by atoms with van der Waals surface area (Å²) in [7, 11) is -3.66. The molecule has 2 aromatic carbocycles. The summed E-state index contributed by atoms with van der Waals surface area (Å²) in [6.45, 7) is 1.67. The fourth-order valence-electron chi connectivity index (χ4n) is 3.45. The maximum atomic E-state index is 13.2. The predicted molar refractivity (Wildman–Crippen MR) is 127 cm³/mol. The number of carbonyl (C=O) groups is 1. The van der Waals surface area contributed by atoms with Crippen LogP contribution >= 0.6 is 0 Å². The maximum absolute atomic E-state index is 13.2. The molecule has 0 atom stereocenters. The van der Waals surface area contributed by atoms with Crippen LogP contribution in [0.3, 0.4) is 0 Å². The second kappa shape index (κ2) is 10.4. The summed E-state index contributed by atoms with van der Waals surface area (Å²) in [5.74, 6) is -0.705. The van der Waals surface area contributed by atoms with Crippen LogP contribution in [0.15, 0.2) is 48.5 Å². The van der Waals surface area contributed by atoms with Crippen molar-refractivity contribution in [1.82, 2.24) is 15.1 Å². The number of aryl methyl sites for hydroxylation is 2. The van der Waals surface area contributed by atoms with E-state index in [0.29, 0.717) is 29.9 Å². The number of amides is 1. The first-order valence-corrected chi connectivity index (χ1v) is 12.3. The van der Waals surface area contributed by atoms with Crippen LogP contribution in [0.4, 0.5) is 15.9 Å². The van der Waals surface area contributed by atoms with Crippen LogP contribution in [0.5, 0.6) is 0 Å². The molecule has 3 rings (SSSR count). The first kappa shape index (κ1) is 24.7. The van der Waals surface area contributed by atoms with Gasteiger partial charge in [-0.1, -0.05) is 18.2 Å². The lowest BCUT2D eigenvalue weighted by atomic mass is 10.1. The third-order valence-corrected chi connectivity index (χ3v) is 6.29. The Labute approximate surface area is 197 Å².